The van der Waals surface area contributed by atoms with E-state index in [0.29, 0.717) is 5.69 Å². The number of halogens is 1. The first kappa shape index (κ1) is 18.8. The Balaban J connectivity index is 1.41. The van der Waals surface area contributed by atoms with Crippen molar-refractivity contribution in [1.29, 1.82) is 0 Å². The molecule has 2 N–H and O–H groups in total. The van der Waals surface area contributed by atoms with Crippen molar-refractivity contribution < 1.29 is 4.79 Å². The van der Waals surface area contributed by atoms with E-state index in [1.165, 1.54) is 5.56 Å². The molecule has 0 spiro atoms. The lowest BCUT2D eigenvalue weighted by atomic mass is 10.0. The van der Waals surface area contributed by atoms with E-state index in [-0.39, 0.29) is 11.8 Å². The SMILES string of the molecule is CN1CCN(Cc2ccc3[nH]c(C(=O)C4NCc5ccccc54)cc3c2Cl)CC1. The predicted molar refractivity (Wildman–Crippen MR) is 116 cm³/mol. The van der Waals surface area contributed by atoms with Gasteiger partial charge in [-0.15, -0.1) is 0 Å². The Morgan fingerprint density at radius 1 is 1.14 bits per heavy atom. The number of Topliss-reactive ketones (excluding diaryl/α,β-unsaturated/α-hetero) is 1. The molecule has 0 radical (unpaired) electrons. The second kappa shape index (κ2) is 7.58. The fourth-order valence-electron chi connectivity index (χ4n) is 4.40. The maximum Gasteiger partial charge on any atom is 0.200 e. The van der Waals surface area contributed by atoms with Crippen LogP contribution in [0.3, 0.4) is 0 Å². The Morgan fingerprint density at radius 3 is 2.76 bits per heavy atom. The summed E-state index contributed by atoms with van der Waals surface area (Å²) < 4.78 is 0. The van der Waals surface area contributed by atoms with Crippen LogP contribution in [-0.2, 0) is 13.1 Å². The summed E-state index contributed by atoms with van der Waals surface area (Å²) in [6, 6.07) is 13.8. The Kier molecular flexibility index (Phi) is 4.92. The van der Waals surface area contributed by atoms with E-state index in [9.17, 15) is 4.79 Å². The van der Waals surface area contributed by atoms with Crippen molar-refractivity contribution in [3.63, 3.8) is 0 Å². The highest BCUT2D eigenvalue weighted by Crippen LogP contribution is 2.32. The number of H-pyrrole nitrogens is 1. The molecule has 1 unspecified atom stereocenters. The summed E-state index contributed by atoms with van der Waals surface area (Å²) in [7, 11) is 2.16. The van der Waals surface area contributed by atoms with Gasteiger partial charge in [-0.2, -0.15) is 0 Å². The minimum atomic E-state index is -0.303. The van der Waals surface area contributed by atoms with Gasteiger partial charge in [-0.25, -0.2) is 0 Å². The summed E-state index contributed by atoms with van der Waals surface area (Å²) in [6.07, 6.45) is 0. The maximum absolute atomic E-state index is 13.2. The molecule has 0 bridgehead atoms. The van der Waals surface area contributed by atoms with Gasteiger partial charge < -0.3 is 9.88 Å². The minimum Gasteiger partial charge on any atom is -0.352 e. The van der Waals surface area contributed by atoms with Crippen LogP contribution in [-0.4, -0.2) is 53.8 Å². The molecule has 150 valence electrons. The lowest BCUT2D eigenvalue weighted by molar-refractivity contribution is 0.0944. The monoisotopic (exact) mass is 408 g/mol. The van der Waals surface area contributed by atoms with Crippen molar-refractivity contribution in [3.8, 4) is 0 Å². The number of fused-ring (bicyclic) bond motifs is 2. The van der Waals surface area contributed by atoms with Crippen LogP contribution in [0.1, 0.15) is 33.2 Å². The molecule has 1 saturated heterocycles. The molecule has 1 atom stereocenters. The number of nitrogens with zero attached hydrogens (tertiary/aromatic N) is 2. The van der Waals surface area contributed by atoms with Crippen molar-refractivity contribution >= 4 is 28.3 Å². The van der Waals surface area contributed by atoms with Gasteiger partial charge in [0, 0.05) is 50.2 Å². The molecule has 1 fully saturated rings. The number of ketones is 1. The van der Waals surface area contributed by atoms with Crippen LogP contribution < -0.4 is 5.32 Å². The molecule has 29 heavy (non-hydrogen) atoms. The molecule has 1 aromatic heterocycles. The average Bonchev–Trinajstić information content (AvgIpc) is 3.36. The van der Waals surface area contributed by atoms with Gasteiger partial charge in [-0.3, -0.25) is 15.0 Å². The first-order valence-electron chi connectivity index (χ1n) is 10.2. The van der Waals surface area contributed by atoms with Gasteiger partial charge >= 0.3 is 0 Å². The van der Waals surface area contributed by atoms with Gasteiger partial charge in [0.15, 0.2) is 5.78 Å². The van der Waals surface area contributed by atoms with E-state index in [1.54, 1.807) is 0 Å². The number of rotatable bonds is 4. The first-order chi connectivity index (χ1) is 14.1. The Labute approximate surface area is 175 Å². The van der Waals surface area contributed by atoms with E-state index in [1.807, 2.05) is 30.3 Å². The van der Waals surface area contributed by atoms with Gasteiger partial charge in [0.1, 0.15) is 0 Å². The van der Waals surface area contributed by atoms with Gasteiger partial charge in [-0.1, -0.05) is 41.9 Å². The quantitative estimate of drug-likeness (QED) is 0.648. The largest absolute Gasteiger partial charge is 0.352 e. The summed E-state index contributed by atoms with van der Waals surface area (Å²) in [6.45, 7) is 5.83. The van der Waals surface area contributed by atoms with Crippen LogP contribution in [0.4, 0.5) is 0 Å². The van der Waals surface area contributed by atoms with E-state index in [0.717, 1.165) is 66.3 Å². The molecule has 3 aromatic rings. The topological polar surface area (TPSA) is 51.4 Å². The van der Waals surface area contributed by atoms with Gasteiger partial charge in [0.25, 0.3) is 0 Å². The average molecular weight is 409 g/mol. The van der Waals surface area contributed by atoms with Crippen molar-refractivity contribution in [2.75, 3.05) is 33.2 Å². The number of benzene rings is 2. The van der Waals surface area contributed by atoms with Crippen molar-refractivity contribution in [3.05, 3.63) is 69.9 Å². The normalized spacial score (nSPS) is 20.3. The highest BCUT2D eigenvalue weighted by atomic mass is 35.5. The zero-order chi connectivity index (χ0) is 20.0. The molecular formula is C23H25ClN4O. The summed E-state index contributed by atoms with van der Waals surface area (Å²) in [5, 5.41) is 5.01. The van der Waals surface area contributed by atoms with E-state index < -0.39 is 0 Å². The van der Waals surface area contributed by atoms with E-state index in [2.05, 4.69) is 39.3 Å². The number of hydrogen-bond donors (Lipinski definition) is 2. The van der Waals surface area contributed by atoms with Crippen LogP contribution >= 0.6 is 11.6 Å². The standard InChI is InChI=1S/C23H25ClN4O/c1-27-8-10-28(11-9-27)14-16-6-7-19-18(21(16)24)12-20(26-19)23(29)22-17-5-3-2-4-15(17)13-25-22/h2-7,12,22,25-26H,8-11,13-14H2,1H3. The Bertz CT molecular complexity index is 1070. The number of carbonyl (C=O) groups is 1. The second-order valence-electron chi connectivity index (χ2n) is 8.14. The van der Waals surface area contributed by atoms with Crippen molar-refractivity contribution in [2.45, 2.75) is 19.1 Å². The molecule has 2 aliphatic heterocycles. The summed E-state index contributed by atoms with van der Waals surface area (Å²) in [4.78, 5) is 21.2. The fraction of sp³-hybridized carbons (Fsp3) is 0.348. The molecule has 0 aliphatic carbocycles. The molecule has 3 heterocycles. The zero-order valence-electron chi connectivity index (χ0n) is 16.5. The van der Waals surface area contributed by atoms with Gasteiger partial charge in [-0.05, 0) is 35.9 Å². The highest BCUT2D eigenvalue weighted by molar-refractivity contribution is 6.36. The maximum atomic E-state index is 13.2. The predicted octanol–water partition coefficient (Wildman–Crippen LogP) is 3.60. The summed E-state index contributed by atoms with van der Waals surface area (Å²) >= 11 is 6.76. The molecule has 5 rings (SSSR count). The smallest absolute Gasteiger partial charge is 0.200 e. The first-order valence-corrected chi connectivity index (χ1v) is 10.5. The number of hydrogen-bond acceptors (Lipinski definition) is 4. The summed E-state index contributed by atoms with van der Waals surface area (Å²) in [5.41, 5.74) is 4.89. The third kappa shape index (κ3) is 3.49. The zero-order valence-corrected chi connectivity index (χ0v) is 17.3. The molecular weight excluding hydrogens is 384 g/mol. The highest BCUT2D eigenvalue weighted by Gasteiger charge is 2.29. The summed E-state index contributed by atoms with van der Waals surface area (Å²) in [5.74, 6) is 0.0582. The van der Waals surface area contributed by atoms with Crippen LogP contribution in [0.15, 0.2) is 42.5 Å². The number of aromatic nitrogens is 1. The van der Waals surface area contributed by atoms with Crippen LogP contribution in [0.2, 0.25) is 5.02 Å². The molecule has 0 amide bonds. The van der Waals surface area contributed by atoms with Crippen molar-refractivity contribution in [2.24, 2.45) is 0 Å². The van der Waals surface area contributed by atoms with Crippen LogP contribution in [0.25, 0.3) is 10.9 Å². The molecule has 2 aliphatic rings. The second-order valence-corrected chi connectivity index (χ2v) is 8.52. The minimum absolute atomic E-state index is 0.0582. The van der Waals surface area contributed by atoms with Gasteiger partial charge in [0.2, 0.25) is 0 Å². The molecule has 6 heteroatoms. The lowest BCUT2D eigenvalue weighted by Gasteiger charge is -2.32. The number of aromatic amines is 1. The van der Waals surface area contributed by atoms with E-state index in [4.69, 9.17) is 11.6 Å². The third-order valence-electron chi connectivity index (χ3n) is 6.20. The number of likely N-dealkylation sites (N-methyl/N-ethyl adjacent to an activating group) is 1. The molecule has 5 nitrogen and oxygen atoms in total. The lowest BCUT2D eigenvalue weighted by Crippen LogP contribution is -2.43. The van der Waals surface area contributed by atoms with Gasteiger partial charge in [0.05, 0.1) is 16.8 Å². The number of carbonyl (C=O) groups excluding carboxylic acids is 1. The third-order valence-corrected chi connectivity index (χ3v) is 6.64. The fourth-order valence-corrected chi connectivity index (χ4v) is 4.68. The number of piperazine rings is 1. The van der Waals surface area contributed by atoms with E-state index >= 15 is 0 Å². The Morgan fingerprint density at radius 2 is 1.93 bits per heavy atom. The Hall–Kier alpha value is -2.18. The number of nitrogens with one attached hydrogen (secondary N) is 2. The van der Waals surface area contributed by atoms with Crippen LogP contribution in [0, 0.1) is 0 Å². The van der Waals surface area contributed by atoms with Crippen LogP contribution in [0.5, 0.6) is 0 Å². The van der Waals surface area contributed by atoms with Crippen molar-refractivity contribution in [1.82, 2.24) is 20.1 Å². The molecule has 2 aromatic carbocycles. The molecule has 0 saturated carbocycles.